The van der Waals surface area contributed by atoms with E-state index in [-0.39, 0.29) is 0 Å². The second-order valence-corrected chi connectivity index (χ2v) is 9.44. The van der Waals surface area contributed by atoms with Crippen LogP contribution in [0.1, 0.15) is 37.4 Å². The lowest BCUT2D eigenvalue weighted by molar-refractivity contribution is -0.115. The first-order valence-electron chi connectivity index (χ1n) is 10.4. The number of nitrogens with two attached hydrogens (primary N) is 1. The molecule has 0 saturated carbocycles. The highest BCUT2D eigenvalue weighted by Gasteiger charge is 2.33. The lowest BCUT2D eigenvalue weighted by Gasteiger charge is -2.27. The normalized spacial score (nSPS) is 15.2. The molecule has 1 aromatic heterocycles. The van der Waals surface area contributed by atoms with Crippen LogP contribution in [0.5, 0.6) is 5.75 Å². The maximum atomic E-state index is 12.3. The van der Waals surface area contributed by atoms with Crippen LogP contribution in [-0.4, -0.2) is 26.4 Å². The van der Waals surface area contributed by atoms with Gasteiger partial charge in [0.05, 0.1) is 5.57 Å². The van der Waals surface area contributed by atoms with Crippen LogP contribution in [-0.2, 0) is 11.4 Å². The van der Waals surface area contributed by atoms with Crippen molar-refractivity contribution in [3.05, 3.63) is 74.9 Å². The van der Waals surface area contributed by atoms with Crippen LogP contribution in [0.3, 0.4) is 0 Å². The zero-order chi connectivity index (χ0) is 23.5. The van der Waals surface area contributed by atoms with E-state index in [2.05, 4.69) is 22.3 Å². The molecule has 7 nitrogen and oxygen atoms in total. The molecule has 0 bridgehead atoms. The SMILES string of the molecule is CCCSc1nc2n(n1)C(c1ccc(OCc3ccc(Cl)cc3Cl)cc1)C(C(N)=O)=C(C)N2. The summed E-state index contributed by atoms with van der Waals surface area (Å²) in [4.78, 5) is 16.9. The Hall–Kier alpha value is -2.68. The summed E-state index contributed by atoms with van der Waals surface area (Å²) in [6.07, 6.45) is 1.01. The lowest BCUT2D eigenvalue weighted by Crippen LogP contribution is -2.31. The molecular weight excluding hydrogens is 481 g/mol. The Morgan fingerprint density at radius 1 is 1.24 bits per heavy atom. The van der Waals surface area contributed by atoms with E-state index in [1.165, 1.54) is 0 Å². The quantitative estimate of drug-likeness (QED) is 0.397. The molecule has 10 heteroatoms. The maximum Gasteiger partial charge on any atom is 0.248 e. The number of carbonyl (C=O) groups excluding carboxylic acids is 1. The molecule has 33 heavy (non-hydrogen) atoms. The Morgan fingerprint density at radius 3 is 2.67 bits per heavy atom. The Bertz CT molecular complexity index is 1210. The summed E-state index contributed by atoms with van der Waals surface area (Å²) in [5.74, 6) is 1.65. The van der Waals surface area contributed by atoms with Gasteiger partial charge in [0.25, 0.3) is 0 Å². The Labute approximate surface area is 206 Å². The number of anilines is 1. The first kappa shape index (κ1) is 23.5. The molecule has 3 N–H and O–H groups in total. The van der Waals surface area contributed by atoms with Gasteiger partial charge in [0, 0.05) is 27.1 Å². The second-order valence-electron chi connectivity index (χ2n) is 7.53. The molecule has 1 aliphatic heterocycles. The Kier molecular flexibility index (Phi) is 7.17. The number of fused-ring (bicyclic) bond motifs is 1. The zero-order valence-electron chi connectivity index (χ0n) is 18.1. The van der Waals surface area contributed by atoms with Crippen molar-refractivity contribution in [2.24, 2.45) is 5.73 Å². The first-order valence-corrected chi connectivity index (χ1v) is 12.1. The molecule has 1 amide bonds. The number of allylic oxidation sites excluding steroid dienone is 1. The van der Waals surface area contributed by atoms with Gasteiger partial charge in [-0.3, -0.25) is 4.79 Å². The van der Waals surface area contributed by atoms with Crippen molar-refractivity contribution in [1.29, 1.82) is 0 Å². The number of amides is 1. The fraction of sp³-hybridized carbons (Fsp3) is 0.261. The molecule has 1 aliphatic rings. The standard InChI is InChI=1S/C23H23Cl2N5O2S/c1-3-10-33-23-28-22-27-13(2)19(21(26)31)20(30(22)29-23)14-5-8-17(9-6-14)32-12-15-4-7-16(24)11-18(15)25/h4-9,11,20H,3,10,12H2,1-2H3,(H2,26,31)(H,27,28,29). The number of rotatable bonds is 8. The minimum absolute atomic E-state index is 0.305. The molecule has 0 aliphatic carbocycles. The van der Waals surface area contributed by atoms with E-state index in [1.807, 2.05) is 37.3 Å². The van der Waals surface area contributed by atoms with Crippen LogP contribution in [0.2, 0.25) is 10.0 Å². The number of primary amides is 1. The molecule has 3 aromatic rings. The lowest BCUT2D eigenvalue weighted by atomic mass is 9.95. The maximum absolute atomic E-state index is 12.3. The number of hydrogen-bond acceptors (Lipinski definition) is 6. The van der Waals surface area contributed by atoms with Crippen LogP contribution >= 0.6 is 35.0 Å². The van der Waals surface area contributed by atoms with Crippen molar-refractivity contribution >= 4 is 46.8 Å². The summed E-state index contributed by atoms with van der Waals surface area (Å²) in [6.45, 7) is 4.22. The predicted molar refractivity (Wildman–Crippen MR) is 132 cm³/mol. The van der Waals surface area contributed by atoms with Gasteiger partial charge in [0.2, 0.25) is 17.0 Å². The van der Waals surface area contributed by atoms with Crippen LogP contribution < -0.4 is 15.8 Å². The van der Waals surface area contributed by atoms with E-state index in [4.69, 9.17) is 33.7 Å². The minimum atomic E-state index is -0.508. The molecule has 0 fully saturated rings. The van der Waals surface area contributed by atoms with E-state index in [0.717, 1.165) is 23.3 Å². The molecule has 2 heterocycles. The van der Waals surface area contributed by atoms with Crippen LogP contribution in [0.25, 0.3) is 0 Å². The van der Waals surface area contributed by atoms with Gasteiger partial charge < -0.3 is 15.8 Å². The minimum Gasteiger partial charge on any atom is -0.489 e. The van der Waals surface area contributed by atoms with E-state index >= 15 is 0 Å². The molecule has 1 unspecified atom stereocenters. The summed E-state index contributed by atoms with van der Waals surface area (Å²) in [5, 5.41) is 9.57. The van der Waals surface area contributed by atoms with Crippen molar-refractivity contribution in [2.45, 2.75) is 38.1 Å². The number of thioether (sulfide) groups is 1. The number of aromatic nitrogens is 3. The molecule has 1 atom stereocenters. The summed E-state index contributed by atoms with van der Waals surface area (Å²) in [7, 11) is 0. The summed E-state index contributed by atoms with van der Waals surface area (Å²) >= 11 is 13.8. The van der Waals surface area contributed by atoms with Gasteiger partial charge in [0.15, 0.2) is 0 Å². The fourth-order valence-corrected chi connectivity index (χ4v) is 4.71. The number of nitrogens with one attached hydrogen (secondary N) is 1. The number of halogens is 2. The van der Waals surface area contributed by atoms with Crippen molar-refractivity contribution in [3.63, 3.8) is 0 Å². The van der Waals surface area contributed by atoms with Crippen LogP contribution in [0, 0.1) is 0 Å². The molecule has 0 radical (unpaired) electrons. The number of carbonyl (C=O) groups is 1. The first-order chi connectivity index (χ1) is 15.9. The van der Waals surface area contributed by atoms with Crippen LogP contribution in [0.4, 0.5) is 5.95 Å². The zero-order valence-corrected chi connectivity index (χ0v) is 20.5. The van der Waals surface area contributed by atoms with Gasteiger partial charge >= 0.3 is 0 Å². The average molecular weight is 504 g/mol. The molecule has 172 valence electrons. The van der Waals surface area contributed by atoms with Gasteiger partial charge in [-0.05, 0) is 43.2 Å². The second kappa shape index (κ2) is 10.1. The molecule has 4 rings (SSSR count). The predicted octanol–water partition coefficient (Wildman–Crippen LogP) is 5.44. The molecule has 0 spiro atoms. The fourth-order valence-electron chi connectivity index (χ4n) is 3.56. The smallest absolute Gasteiger partial charge is 0.248 e. The topological polar surface area (TPSA) is 95.1 Å². The van der Waals surface area contributed by atoms with Crippen molar-refractivity contribution in [2.75, 3.05) is 11.1 Å². The van der Waals surface area contributed by atoms with E-state index < -0.39 is 11.9 Å². The third-order valence-corrected chi connectivity index (χ3v) is 6.77. The Balaban J connectivity index is 1.60. The number of ether oxygens (including phenoxy) is 1. The summed E-state index contributed by atoms with van der Waals surface area (Å²) < 4.78 is 7.60. The third-order valence-electron chi connectivity index (χ3n) is 5.14. The van der Waals surface area contributed by atoms with Gasteiger partial charge in [-0.1, -0.05) is 60.1 Å². The highest BCUT2D eigenvalue weighted by molar-refractivity contribution is 7.99. The van der Waals surface area contributed by atoms with Crippen molar-refractivity contribution < 1.29 is 9.53 Å². The number of nitrogens with zero attached hydrogens (tertiary/aromatic N) is 3. The average Bonchev–Trinajstić information content (AvgIpc) is 3.18. The number of hydrogen-bond donors (Lipinski definition) is 2. The monoisotopic (exact) mass is 503 g/mol. The number of benzene rings is 2. The van der Waals surface area contributed by atoms with Crippen molar-refractivity contribution in [3.8, 4) is 5.75 Å². The van der Waals surface area contributed by atoms with Crippen LogP contribution in [0.15, 0.2) is 58.9 Å². The molecular formula is C23H23Cl2N5O2S. The van der Waals surface area contributed by atoms with E-state index in [9.17, 15) is 4.79 Å². The summed E-state index contributed by atoms with van der Waals surface area (Å²) in [6, 6.07) is 12.3. The van der Waals surface area contributed by atoms with E-state index in [1.54, 1.807) is 28.6 Å². The van der Waals surface area contributed by atoms with E-state index in [0.29, 0.717) is 44.8 Å². The van der Waals surface area contributed by atoms with Gasteiger partial charge in [-0.2, -0.15) is 4.98 Å². The van der Waals surface area contributed by atoms with Gasteiger partial charge in [-0.25, -0.2) is 4.68 Å². The van der Waals surface area contributed by atoms with Gasteiger partial charge in [0.1, 0.15) is 18.4 Å². The highest BCUT2D eigenvalue weighted by Crippen LogP contribution is 2.36. The molecule has 0 saturated heterocycles. The highest BCUT2D eigenvalue weighted by atomic mass is 35.5. The third kappa shape index (κ3) is 5.13. The summed E-state index contributed by atoms with van der Waals surface area (Å²) in [5.41, 5.74) is 8.54. The van der Waals surface area contributed by atoms with Crippen molar-refractivity contribution in [1.82, 2.24) is 14.8 Å². The largest absolute Gasteiger partial charge is 0.489 e. The van der Waals surface area contributed by atoms with Gasteiger partial charge in [-0.15, -0.1) is 5.10 Å². The Morgan fingerprint density at radius 2 is 2.00 bits per heavy atom. The molecule has 2 aromatic carbocycles.